The Morgan fingerprint density at radius 1 is 1.24 bits per heavy atom. The molecule has 100 valence electrons. The molecule has 0 radical (unpaired) electrons. The Morgan fingerprint density at radius 3 is 2.24 bits per heavy atom. The zero-order valence-corrected chi connectivity index (χ0v) is 11.1. The molecule has 1 heterocycles. The third kappa shape index (κ3) is 3.93. The van der Waals surface area contributed by atoms with Gasteiger partial charge in [-0.3, -0.25) is 4.79 Å². The van der Waals surface area contributed by atoms with Crippen LogP contribution in [0.15, 0.2) is 0 Å². The number of carboxylic acids is 1. The Kier molecular flexibility index (Phi) is 4.91. The van der Waals surface area contributed by atoms with E-state index in [-0.39, 0.29) is 13.0 Å². The minimum absolute atomic E-state index is 0.0653. The van der Waals surface area contributed by atoms with E-state index in [4.69, 9.17) is 5.11 Å². The topological polar surface area (TPSA) is 77.9 Å². The summed E-state index contributed by atoms with van der Waals surface area (Å²) in [6.07, 6.45) is 0.684. The van der Waals surface area contributed by atoms with Gasteiger partial charge in [0.05, 0.1) is 6.42 Å². The molecule has 0 aromatic carbocycles. The predicted molar refractivity (Wildman–Crippen MR) is 63.8 cm³/mol. The molecule has 0 amide bonds. The minimum atomic E-state index is -3.42. The van der Waals surface area contributed by atoms with Gasteiger partial charge in [-0.05, 0) is 12.3 Å². The van der Waals surface area contributed by atoms with Gasteiger partial charge in [-0.15, -0.1) is 0 Å². The van der Waals surface area contributed by atoms with E-state index in [1.54, 1.807) is 0 Å². The highest BCUT2D eigenvalue weighted by molar-refractivity contribution is 7.87. The highest BCUT2D eigenvalue weighted by Crippen LogP contribution is 2.18. The summed E-state index contributed by atoms with van der Waals surface area (Å²) in [5.41, 5.74) is 0. The smallest absolute Gasteiger partial charge is 0.304 e. The van der Waals surface area contributed by atoms with E-state index in [0.29, 0.717) is 25.6 Å². The molecule has 1 fully saturated rings. The Bertz CT molecular complexity index is 367. The molecule has 1 rings (SSSR count). The van der Waals surface area contributed by atoms with Crippen LogP contribution in [-0.2, 0) is 15.0 Å². The molecule has 0 bridgehead atoms. The normalized spacial score (nSPS) is 21.1. The zero-order chi connectivity index (χ0) is 13.1. The lowest BCUT2D eigenvalue weighted by Gasteiger charge is -2.18. The van der Waals surface area contributed by atoms with E-state index in [9.17, 15) is 13.2 Å². The molecule has 0 atom stereocenters. The number of carbonyl (C=O) groups is 1. The summed E-state index contributed by atoms with van der Waals surface area (Å²) >= 11 is 0. The van der Waals surface area contributed by atoms with Crippen LogP contribution in [0.1, 0.15) is 26.7 Å². The monoisotopic (exact) mass is 264 g/mol. The Balaban J connectivity index is 2.54. The van der Waals surface area contributed by atoms with E-state index in [1.807, 2.05) is 13.8 Å². The van der Waals surface area contributed by atoms with E-state index >= 15 is 0 Å². The van der Waals surface area contributed by atoms with Gasteiger partial charge < -0.3 is 5.11 Å². The Hall–Kier alpha value is -0.660. The molecular formula is C10H20N2O4S. The highest BCUT2D eigenvalue weighted by Gasteiger charge is 2.35. The average Bonchev–Trinajstić information content (AvgIpc) is 2.47. The number of carboxylic acid groups (broad SMARTS) is 1. The molecule has 1 saturated heterocycles. The number of hydrogen-bond acceptors (Lipinski definition) is 3. The van der Waals surface area contributed by atoms with Crippen LogP contribution in [0.4, 0.5) is 0 Å². The molecule has 17 heavy (non-hydrogen) atoms. The van der Waals surface area contributed by atoms with Crippen LogP contribution in [0.25, 0.3) is 0 Å². The van der Waals surface area contributed by atoms with Gasteiger partial charge in [0.15, 0.2) is 0 Å². The molecule has 0 unspecified atom stereocenters. The molecule has 1 N–H and O–H groups in total. The molecule has 0 spiro atoms. The first kappa shape index (κ1) is 14.4. The lowest BCUT2D eigenvalue weighted by Crippen LogP contribution is -2.35. The van der Waals surface area contributed by atoms with Crippen molar-refractivity contribution in [2.75, 3.05) is 26.2 Å². The van der Waals surface area contributed by atoms with Gasteiger partial charge in [-0.2, -0.15) is 17.0 Å². The molecular weight excluding hydrogens is 244 g/mol. The van der Waals surface area contributed by atoms with Crippen LogP contribution in [0, 0.1) is 5.92 Å². The molecule has 0 aromatic heterocycles. The van der Waals surface area contributed by atoms with E-state index < -0.39 is 16.2 Å². The van der Waals surface area contributed by atoms with Crippen LogP contribution < -0.4 is 0 Å². The van der Waals surface area contributed by atoms with Gasteiger partial charge in [-0.25, -0.2) is 0 Å². The summed E-state index contributed by atoms with van der Waals surface area (Å²) in [7, 11) is -3.42. The van der Waals surface area contributed by atoms with Crippen LogP contribution >= 0.6 is 0 Å². The first-order valence-electron chi connectivity index (χ1n) is 5.81. The van der Waals surface area contributed by atoms with E-state index in [0.717, 1.165) is 6.42 Å². The summed E-state index contributed by atoms with van der Waals surface area (Å²) in [4.78, 5) is 10.4. The molecule has 6 nitrogen and oxygen atoms in total. The van der Waals surface area contributed by atoms with Crippen molar-refractivity contribution < 1.29 is 18.3 Å². The van der Waals surface area contributed by atoms with Gasteiger partial charge in [-0.1, -0.05) is 13.8 Å². The summed E-state index contributed by atoms with van der Waals surface area (Å²) in [5, 5.41) is 8.55. The summed E-state index contributed by atoms with van der Waals surface area (Å²) in [6.45, 7) is 5.54. The van der Waals surface area contributed by atoms with Crippen molar-refractivity contribution in [3.63, 3.8) is 0 Å². The van der Waals surface area contributed by atoms with Crippen LogP contribution in [0.3, 0.4) is 0 Å². The van der Waals surface area contributed by atoms with E-state index in [2.05, 4.69) is 0 Å². The first-order chi connectivity index (χ1) is 7.84. The van der Waals surface area contributed by atoms with Crippen molar-refractivity contribution in [3.8, 4) is 0 Å². The molecule has 0 saturated carbocycles. The van der Waals surface area contributed by atoms with Crippen molar-refractivity contribution in [3.05, 3.63) is 0 Å². The first-order valence-corrected chi connectivity index (χ1v) is 7.20. The fourth-order valence-electron chi connectivity index (χ4n) is 1.69. The second-order valence-electron chi connectivity index (χ2n) is 4.63. The molecule has 1 aliphatic heterocycles. The second kappa shape index (κ2) is 5.79. The van der Waals surface area contributed by atoms with Crippen LogP contribution in [0.5, 0.6) is 0 Å². The maximum Gasteiger partial charge on any atom is 0.304 e. The zero-order valence-electron chi connectivity index (χ0n) is 10.3. The van der Waals surface area contributed by atoms with Crippen molar-refractivity contribution in [2.24, 2.45) is 5.92 Å². The van der Waals surface area contributed by atoms with E-state index in [1.165, 1.54) is 8.61 Å². The quantitative estimate of drug-likeness (QED) is 0.752. The lowest BCUT2D eigenvalue weighted by molar-refractivity contribution is -0.137. The highest BCUT2D eigenvalue weighted by atomic mass is 32.2. The van der Waals surface area contributed by atoms with Gasteiger partial charge in [0, 0.05) is 26.2 Å². The molecule has 1 aliphatic rings. The molecule has 7 heteroatoms. The average molecular weight is 264 g/mol. The lowest BCUT2D eigenvalue weighted by atomic mass is 10.1. The van der Waals surface area contributed by atoms with Crippen molar-refractivity contribution in [1.82, 2.24) is 8.61 Å². The standard InChI is InChI=1S/C10H20N2O4S/c1-9(2)3-5-11-7-8-12(17(11,15)16)6-4-10(13)14/h9H,3-8H2,1-2H3,(H,13,14). The predicted octanol–water partition coefficient (Wildman–Crippen LogP) is 0.370. The summed E-state index contributed by atoms with van der Waals surface area (Å²) < 4.78 is 26.6. The van der Waals surface area contributed by atoms with Crippen LogP contribution in [-0.4, -0.2) is 54.3 Å². The Labute approximate surface area is 102 Å². The molecule has 0 aromatic rings. The second-order valence-corrected chi connectivity index (χ2v) is 6.56. The number of aliphatic carboxylic acids is 1. The van der Waals surface area contributed by atoms with Crippen molar-refractivity contribution in [2.45, 2.75) is 26.7 Å². The summed E-state index contributed by atoms with van der Waals surface area (Å²) in [5.74, 6) is -0.515. The Morgan fingerprint density at radius 2 is 1.76 bits per heavy atom. The summed E-state index contributed by atoms with van der Waals surface area (Å²) in [6, 6.07) is 0. The number of nitrogens with zero attached hydrogens (tertiary/aromatic N) is 2. The van der Waals surface area contributed by atoms with Gasteiger partial charge in [0.2, 0.25) is 0 Å². The minimum Gasteiger partial charge on any atom is -0.481 e. The maximum absolute atomic E-state index is 12.0. The SMILES string of the molecule is CC(C)CCN1CCN(CCC(=O)O)S1(=O)=O. The number of hydrogen-bond donors (Lipinski definition) is 1. The van der Waals surface area contributed by atoms with Crippen molar-refractivity contribution >= 4 is 16.2 Å². The third-order valence-electron chi connectivity index (χ3n) is 2.78. The van der Waals surface area contributed by atoms with Crippen LogP contribution in [0.2, 0.25) is 0 Å². The van der Waals surface area contributed by atoms with Crippen molar-refractivity contribution in [1.29, 1.82) is 0 Å². The van der Waals surface area contributed by atoms with Gasteiger partial charge >= 0.3 is 5.97 Å². The largest absolute Gasteiger partial charge is 0.481 e. The molecule has 0 aliphatic carbocycles. The fraction of sp³-hybridized carbons (Fsp3) is 0.900. The third-order valence-corrected chi connectivity index (χ3v) is 4.82. The number of rotatable bonds is 6. The fourth-order valence-corrected chi connectivity index (χ4v) is 3.30. The van der Waals surface area contributed by atoms with Gasteiger partial charge in [0.1, 0.15) is 0 Å². The van der Waals surface area contributed by atoms with Gasteiger partial charge in [0.25, 0.3) is 10.2 Å². The maximum atomic E-state index is 12.0.